The highest BCUT2D eigenvalue weighted by Crippen LogP contribution is 2.68. The minimum Gasteiger partial charge on any atom is -0.497 e. The van der Waals surface area contributed by atoms with E-state index in [-0.39, 0.29) is 11.5 Å². The van der Waals surface area contributed by atoms with Gasteiger partial charge in [0.25, 0.3) is 0 Å². The number of aliphatic hydroxyl groups is 1. The Hall–Kier alpha value is -1.02. The second kappa shape index (κ2) is 4.49. The van der Waals surface area contributed by atoms with Crippen LogP contribution >= 0.6 is 0 Å². The monoisotopic (exact) mass is 286 g/mol. The van der Waals surface area contributed by atoms with E-state index in [9.17, 15) is 5.11 Å². The van der Waals surface area contributed by atoms with Gasteiger partial charge in [0.1, 0.15) is 5.75 Å². The highest BCUT2D eigenvalue weighted by Gasteiger charge is 2.58. The molecular weight excluding hydrogens is 260 g/mol. The summed E-state index contributed by atoms with van der Waals surface area (Å²) in [6.07, 6.45) is 7.48. The van der Waals surface area contributed by atoms with E-state index in [1.165, 1.54) is 38.5 Å². The molecule has 21 heavy (non-hydrogen) atoms. The van der Waals surface area contributed by atoms with Crippen molar-refractivity contribution in [1.82, 2.24) is 0 Å². The lowest BCUT2D eigenvalue weighted by Crippen LogP contribution is -2.53. The van der Waals surface area contributed by atoms with Crippen molar-refractivity contribution in [2.24, 2.45) is 22.7 Å². The Bertz CT molecular complexity index is 536. The average Bonchev–Trinajstić information content (AvgIpc) is 2.44. The van der Waals surface area contributed by atoms with Gasteiger partial charge in [-0.25, -0.2) is 0 Å². The van der Waals surface area contributed by atoms with Gasteiger partial charge in [-0.05, 0) is 73.5 Å². The van der Waals surface area contributed by atoms with Gasteiger partial charge >= 0.3 is 0 Å². The van der Waals surface area contributed by atoms with E-state index >= 15 is 0 Å². The number of hydrogen-bond donors (Lipinski definition) is 1. The Kier molecular flexibility index (Phi) is 2.91. The maximum Gasteiger partial charge on any atom is 0.119 e. The predicted octanol–water partition coefficient (Wildman–Crippen LogP) is 4.34. The summed E-state index contributed by atoms with van der Waals surface area (Å²) in [5, 5.41) is 11.2. The third-order valence-electron chi connectivity index (χ3n) is 6.39. The average molecular weight is 286 g/mol. The molecule has 0 aliphatic heterocycles. The Balaban J connectivity index is 1.68. The van der Waals surface area contributed by atoms with Gasteiger partial charge in [0.05, 0.1) is 13.2 Å². The van der Waals surface area contributed by atoms with Crippen molar-refractivity contribution in [3.63, 3.8) is 0 Å². The van der Waals surface area contributed by atoms with Crippen LogP contribution in [0.1, 0.15) is 57.1 Å². The van der Waals surface area contributed by atoms with Gasteiger partial charge in [0, 0.05) is 5.41 Å². The van der Waals surface area contributed by atoms with Gasteiger partial charge in [-0.1, -0.05) is 19.1 Å². The minimum absolute atomic E-state index is 0.116. The number of ether oxygens (including phenoxy) is 1. The standard InChI is InChI=1S/C19H26O2/c1-18-8-13-6-14(9-18)11-19(10-13,12-18)17(20)15-4-3-5-16(7-15)21-2/h3-5,7,13-14,17,20H,6,8-12H2,1-2H3. The maximum atomic E-state index is 11.2. The molecule has 0 aromatic heterocycles. The largest absolute Gasteiger partial charge is 0.497 e. The van der Waals surface area contributed by atoms with E-state index in [4.69, 9.17) is 4.74 Å². The topological polar surface area (TPSA) is 29.5 Å². The summed E-state index contributed by atoms with van der Waals surface area (Å²) in [5.41, 5.74) is 1.63. The van der Waals surface area contributed by atoms with Crippen LogP contribution in [0.5, 0.6) is 5.75 Å². The summed E-state index contributed by atoms with van der Waals surface area (Å²) in [5.74, 6) is 2.54. The van der Waals surface area contributed by atoms with Crippen LogP contribution in [0.15, 0.2) is 24.3 Å². The normalized spacial score (nSPS) is 42.0. The van der Waals surface area contributed by atoms with Gasteiger partial charge in [0.15, 0.2) is 0 Å². The third kappa shape index (κ3) is 2.11. The third-order valence-corrected chi connectivity index (χ3v) is 6.39. The highest BCUT2D eigenvalue weighted by atomic mass is 16.5. The fraction of sp³-hybridized carbons (Fsp3) is 0.684. The summed E-state index contributed by atoms with van der Waals surface area (Å²) in [4.78, 5) is 0. The molecule has 4 aliphatic carbocycles. The first-order chi connectivity index (χ1) is 10.0. The van der Waals surface area contributed by atoms with Crippen molar-refractivity contribution in [1.29, 1.82) is 0 Å². The van der Waals surface area contributed by atoms with Gasteiger partial charge in [-0.2, -0.15) is 0 Å². The zero-order valence-electron chi connectivity index (χ0n) is 13.1. The molecule has 4 aliphatic rings. The second-order valence-corrected chi connectivity index (χ2v) is 8.31. The van der Waals surface area contributed by atoms with E-state index < -0.39 is 0 Å². The van der Waals surface area contributed by atoms with Gasteiger partial charge in [0.2, 0.25) is 0 Å². The van der Waals surface area contributed by atoms with Gasteiger partial charge < -0.3 is 9.84 Å². The molecule has 5 rings (SSSR count). The van der Waals surface area contributed by atoms with Crippen LogP contribution in [0.3, 0.4) is 0 Å². The fourth-order valence-corrected chi connectivity index (χ4v) is 6.28. The molecule has 2 nitrogen and oxygen atoms in total. The Labute approximate surface area is 127 Å². The molecule has 3 atom stereocenters. The van der Waals surface area contributed by atoms with E-state index in [1.54, 1.807) is 7.11 Å². The van der Waals surface area contributed by atoms with Crippen LogP contribution in [0.4, 0.5) is 0 Å². The summed E-state index contributed by atoms with van der Waals surface area (Å²) >= 11 is 0. The van der Waals surface area contributed by atoms with Gasteiger partial charge in [-0.15, -0.1) is 0 Å². The molecule has 2 heteroatoms. The zero-order valence-corrected chi connectivity index (χ0v) is 13.1. The highest BCUT2D eigenvalue weighted by molar-refractivity contribution is 5.31. The van der Waals surface area contributed by atoms with Crippen LogP contribution in [-0.4, -0.2) is 12.2 Å². The number of hydrogen-bond acceptors (Lipinski definition) is 2. The summed E-state index contributed by atoms with van der Waals surface area (Å²) in [6, 6.07) is 8.04. The molecule has 0 spiro atoms. The van der Waals surface area contributed by atoms with Crippen LogP contribution in [-0.2, 0) is 0 Å². The molecule has 114 valence electrons. The van der Waals surface area contributed by atoms with Crippen LogP contribution in [0, 0.1) is 22.7 Å². The van der Waals surface area contributed by atoms with Crippen LogP contribution in [0.2, 0.25) is 0 Å². The fourth-order valence-electron chi connectivity index (χ4n) is 6.28. The van der Waals surface area contributed by atoms with Crippen molar-refractivity contribution in [2.45, 2.75) is 51.6 Å². The molecule has 4 bridgehead atoms. The van der Waals surface area contributed by atoms with Crippen molar-refractivity contribution >= 4 is 0 Å². The Morgan fingerprint density at radius 3 is 2.52 bits per heavy atom. The first-order valence-corrected chi connectivity index (χ1v) is 8.34. The smallest absolute Gasteiger partial charge is 0.119 e. The molecule has 1 N–H and O–H groups in total. The molecule has 3 unspecified atom stereocenters. The lowest BCUT2D eigenvalue weighted by molar-refractivity contribution is -0.155. The van der Waals surface area contributed by atoms with E-state index in [0.29, 0.717) is 5.41 Å². The molecule has 0 radical (unpaired) electrons. The molecule has 1 aromatic rings. The lowest BCUT2D eigenvalue weighted by Gasteiger charge is -2.62. The van der Waals surface area contributed by atoms with Crippen LogP contribution < -0.4 is 4.74 Å². The number of methoxy groups -OCH3 is 1. The molecule has 0 amide bonds. The Morgan fingerprint density at radius 1 is 1.19 bits per heavy atom. The number of aliphatic hydroxyl groups excluding tert-OH is 1. The van der Waals surface area contributed by atoms with Crippen LogP contribution in [0.25, 0.3) is 0 Å². The van der Waals surface area contributed by atoms with E-state index in [1.807, 2.05) is 18.2 Å². The number of rotatable bonds is 3. The molecular formula is C19H26O2. The maximum absolute atomic E-state index is 11.2. The molecule has 4 fully saturated rings. The minimum atomic E-state index is -0.335. The van der Waals surface area contributed by atoms with Gasteiger partial charge in [-0.3, -0.25) is 0 Å². The first kappa shape index (κ1) is 13.6. The first-order valence-electron chi connectivity index (χ1n) is 8.34. The summed E-state index contributed by atoms with van der Waals surface area (Å²) in [6.45, 7) is 2.46. The Morgan fingerprint density at radius 2 is 1.90 bits per heavy atom. The molecule has 1 aromatic carbocycles. The van der Waals surface area contributed by atoms with Crippen molar-refractivity contribution in [2.75, 3.05) is 7.11 Å². The van der Waals surface area contributed by atoms with Crippen molar-refractivity contribution < 1.29 is 9.84 Å². The van der Waals surface area contributed by atoms with Crippen molar-refractivity contribution in [3.8, 4) is 5.75 Å². The zero-order chi connectivity index (χ0) is 14.7. The quantitative estimate of drug-likeness (QED) is 0.896. The molecule has 4 saturated carbocycles. The number of benzene rings is 1. The van der Waals surface area contributed by atoms with Crippen molar-refractivity contribution in [3.05, 3.63) is 29.8 Å². The summed E-state index contributed by atoms with van der Waals surface area (Å²) < 4.78 is 5.33. The lowest BCUT2D eigenvalue weighted by atomic mass is 9.43. The van der Waals surface area contributed by atoms with E-state index in [2.05, 4.69) is 13.0 Å². The predicted molar refractivity (Wildman–Crippen MR) is 83.2 cm³/mol. The van der Waals surface area contributed by atoms with E-state index in [0.717, 1.165) is 23.1 Å². The molecule has 0 saturated heterocycles. The molecule has 0 heterocycles. The SMILES string of the molecule is COc1cccc(C(O)C23CC4CC(CC(C)(C4)C2)C3)c1. The summed E-state index contributed by atoms with van der Waals surface area (Å²) in [7, 11) is 1.69. The second-order valence-electron chi connectivity index (χ2n) is 8.31.